The largest absolute Gasteiger partial charge is 0.378 e. The normalized spacial score (nSPS) is 25.4. The Hall–Kier alpha value is -0.390. The van der Waals surface area contributed by atoms with Crippen molar-refractivity contribution in [3.05, 3.63) is 20.8 Å². The van der Waals surface area contributed by atoms with Gasteiger partial charge in [0.05, 0.1) is 6.10 Å². The number of thiophene rings is 1. The van der Waals surface area contributed by atoms with Crippen LogP contribution in [0.15, 0.2) is 15.9 Å². The molecular formula is C11H14BrNO2S. The SMILES string of the molecule is CC1CC(NC(=O)c2sccc2Br)CCO1. The van der Waals surface area contributed by atoms with Crippen LogP contribution in [0.2, 0.25) is 0 Å². The summed E-state index contributed by atoms with van der Waals surface area (Å²) in [7, 11) is 0. The zero-order valence-corrected chi connectivity index (χ0v) is 11.4. The predicted molar refractivity (Wildman–Crippen MR) is 67.9 cm³/mol. The number of hydrogen-bond donors (Lipinski definition) is 1. The fraction of sp³-hybridized carbons (Fsp3) is 0.545. The Kier molecular flexibility index (Phi) is 4.00. The lowest BCUT2D eigenvalue weighted by Gasteiger charge is -2.27. The molecule has 0 bridgehead atoms. The van der Waals surface area contributed by atoms with E-state index in [-0.39, 0.29) is 18.1 Å². The molecule has 2 heterocycles. The maximum absolute atomic E-state index is 11.9. The lowest BCUT2D eigenvalue weighted by atomic mass is 10.0. The molecule has 0 saturated carbocycles. The number of carbonyl (C=O) groups is 1. The van der Waals surface area contributed by atoms with E-state index in [1.54, 1.807) is 0 Å². The van der Waals surface area contributed by atoms with Crippen molar-refractivity contribution in [1.82, 2.24) is 5.32 Å². The van der Waals surface area contributed by atoms with Gasteiger partial charge in [-0.2, -0.15) is 0 Å². The molecule has 1 aromatic rings. The second kappa shape index (κ2) is 5.29. The van der Waals surface area contributed by atoms with Gasteiger partial charge in [-0.3, -0.25) is 4.79 Å². The van der Waals surface area contributed by atoms with E-state index in [1.807, 2.05) is 18.4 Å². The second-order valence-electron chi connectivity index (χ2n) is 3.97. The van der Waals surface area contributed by atoms with Gasteiger partial charge in [-0.15, -0.1) is 11.3 Å². The maximum Gasteiger partial charge on any atom is 0.262 e. The van der Waals surface area contributed by atoms with E-state index in [0.29, 0.717) is 0 Å². The van der Waals surface area contributed by atoms with Crippen molar-refractivity contribution in [1.29, 1.82) is 0 Å². The van der Waals surface area contributed by atoms with E-state index < -0.39 is 0 Å². The lowest BCUT2D eigenvalue weighted by Crippen LogP contribution is -2.41. The van der Waals surface area contributed by atoms with E-state index in [0.717, 1.165) is 28.8 Å². The summed E-state index contributed by atoms with van der Waals surface area (Å²) in [6, 6.07) is 2.14. The number of hydrogen-bond acceptors (Lipinski definition) is 3. The molecular weight excluding hydrogens is 290 g/mol. The third kappa shape index (κ3) is 2.84. The average molecular weight is 304 g/mol. The van der Waals surface area contributed by atoms with Crippen molar-refractivity contribution in [2.75, 3.05) is 6.61 Å². The molecule has 0 aliphatic carbocycles. The summed E-state index contributed by atoms with van der Waals surface area (Å²) in [6.45, 7) is 2.77. The molecule has 16 heavy (non-hydrogen) atoms. The van der Waals surface area contributed by atoms with Gasteiger partial charge < -0.3 is 10.1 Å². The predicted octanol–water partition coefficient (Wildman–Crippen LogP) is 2.81. The van der Waals surface area contributed by atoms with E-state index >= 15 is 0 Å². The fourth-order valence-electron chi connectivity index (χ4n) is 1.84. The van der Waals surface area contributed by atoms with Crippen LogP contribution in [0.25, 0.3) is 0 Å². The monoisotopic (exact) mass is 303 g/mol. The fourth-order valence-corrected chi connectivity index (χ4v) is 3.29. The number of nitrogens with one attached hydrogen (secondary N) is 1. The van der Waals surface area contributed by atoms with Crippen LogP contribution in [0.4, 0.5) is 0 Å². The lowest BCUT2D eigenvalue weighted by molar-refractivity contribution is 0.0137. The van der Waals surface area contributed by atoms with Gasteiger partial charge in [0.15, 0.2) is 0 Å². The van der Waals surface area contributed by atoms with Gasteiger partial charge >= 0.3 is 0 Å². The molecule has 1 aromatic heterocycles. The van der Waals surface area contributed by atoms with Crippen LogP contribution in [-0.2, 0) is 4.74 Å². The molecule has 1 amide bonds. The Morgan fingerprint density at radius 3 is 3.12 bits per heavy atom. The molecule has 2 unspecified atom stereocenters. The van der Waals surface area contributed by atoms with Gasteiger partial charge in [-0.1, -0.05) is 0 Å². The molecule has 1 aliphatic rings. The summed E-state index contributed by atoms with van der Waals surface area (Å²) in [5.41, 5.74) is 0. The van der Waals surface area contributed by atoms with Crippen molar-refractivity contribution < 1.29 is 9.53 Å². The molecule has 0 aromatic carbocycles. The van der Waals surface area contributed by atoms with Crippen LogP contribution in [0.5, 0.6) is 0 Å². The molecule has 3 nitrogen and oxygen atoms in total. The third-order valence-electron chi connectivity index (χ3n) is 2.64. The van der Waals surface area contributed by atoms with Crippen molar-refractivity contribution in [3.63, 3.8) is 0 Å². The van der Waals surface area contributed by atoms with Crippen molar-refractivity contribution >= 4 is 33.2 Å². The molecule has 1 fully saturated rings. The molecule has 88 valence electrons. The summed E-state index contributed by atoms with van der Waals surface area (Å²) >= 11 is 4.83. The minimum atomic E-state index is 0.0148. The Morgan fingerprint density at radius 2 is 2.50 bits per heavy atom. The summed E-state index contributed by atoms with van der Waals surface area (Å²) in [5.74, 6) is 0.0148. The van der Waals surface area contributed by atoms with Crippen molar-refractivity contribution in [3.8, 4) is 0 Å². The highest BCUT2D eigenvalue weighted by atomic mass is 79.9. The molecule has 1 aliphatic heterocycles. The number of carbonyl (C=O) groups excluding carboxylic acids is 1. The van der Waals surface area contributed by atoms with Gasteiger partial charge in [0.2, 0.25) is 0 Å². The minimum absolute atomic E-state index is 0.0148. The highest BCUT2D eigenvalue weighted by molar-refractivity contribution is 9.10. The van der Waals surface area contributed by atoms with Gasteiger partial charge in [-0.25, -0.2) is 0 Å². The Morgan fingerprint density at radius 1 is 1.69 bits per heavy atom. The van der Waals surface area contributed by atoms with Crippen LogP contribution >= 0.6 is 27.3 Å². The summed E-state index contributed by atoms with van der Waals surface area (Å²) in [6.07, 6.45) is 2.04. The Balaban J connectivity index is 1.95. The van der Waals surface area contributed by atoms with Crippen molar-refractivity contribution in [2.45, 2.75) is 31.9 Å². The number of rotatable bonds is 2. The molecule has 0 spiro atoms. The highest BCUT2D eigenvalue weighted by Gasteiger charge is 2.22. The first kappa shape index (κ1) is 12.1. The molecule has 5 heteroatoms. The Labute approximate surface area is 107 Å². The molecule has 2 rings (SSSR count). The van der Waals surface area contributed by atoms with Gasteiger partial charge in [-0.05, 0) is 47.1 Å². The van der Waals surface area contributed by atoms with Gasteiger partial charge in [0.1, 0.15) is 4.88 Å². The molecule has 1 N–H and O–H groups in total. The van der Waals surface area contributed by atoms with Crippen LogP contribution in [0, 0.1) is 0 Å². The molecule has 0 radical (unpaired) electrons. The number of ether oxygens (including phenoxy) is 1. The molecule has 1 saturated heterocycles. The third-order valence-corrected chi connectivity index (χ3v) is 4.48. The van der Waals surface area contributed by atoms with E-state index in [2.05, 4.69) is 21.2 Å². The average Bonchev–Trinajstić information content (AvgIpc) is 2.64. The zero-order valence-electron chi connectivity index (χ0n) is 9.03. The number of halogens is 1. The van der Waals surface area contributed by atoms with E-state index in [4.69, 9.17) is 4.74 Å². The van der Waals surface area contributed by atoms with Crippen molar-refractivity contribution in [2.24, 2.45) is 0 Å². The second-order valence-corrected chi connectivity index (χ2v) is 5.74. The van der Waals surface area contributed by atoms with Crippen LogP contribution in [0.1, 0.15) is 29.4 Å². The zero-order chi connectivity index (χ0) is 11.5. The quantitative estimate of drug-likeness (QED) is 0.912. The van der Waals surface area contributed by atoms with Gasteiger partial charge in [0.25, 0.3) is 5.91 Å². The summed E-state index contributed by atoms with van der Waals surface area (Å²) in [4.78, 5) is 12.7. The minimum Gasteiger partial charge on any atom is -0.378 e. The van der Waals surface area contributed by atoms with Gasteiger partial charge in [0, 0.05) is 17.1 Å². The van der Waals surface area contributed by atoms with E-state index in [1.165, 1.54) is 11.3 Å². The molecule has 2 atom stereocenters. The van der Waals surface area contributed by atoms with Crippen LogP contribution < -0.4 is 5.32 Å². The smallest absolute Gasteiger partial charge is 0.262 e. The topological polar surface area (TPSA) is 38.3 Å². The first-order chi connectivity index (χ1) is 7.66. The first-order valence-electron chi connectivity index (χ1n) is 5.32. The maximum atomic E-state index is 11.9. The summed E-state index contributed by atoms with van der Waals surface area (Å²) in [5, 5.41) is 4.96. The van der Waals surface area contributed by atoms with E-state index in [9.17, 15) is 4.79 Å². The number of amides is 1. The first-order valence-corrected chi connectivity index (χ1v) is 6.99. The Bertz CT molecular complexity index is 380. The van der Waals surface area contributed by atoms with Crippen LogP contribution in [-0.4, -0.2) is 24.7 Å². The standard InChI is InChI=1S/C11H14BrNO2S/c1-7-6-8(2-4-15-7)13-11(14)10-9(12)3-5-16-10/h3,5,7-8H,2,4,6H2,1H3,(H,13,14). The highest BCUT2D eigenvalue weighted by Crippen LogP contribution is 2.23. The summed E-state index contributed by atoms with van der Waals surface area (Å²) < 4.78 is 6.32. The van der Waals surface area contributed by atoms with Crippen LogP contribution in [0.3, 0.4) is 0 Å².